The molecule has 0 spiro atoms. The van der Waals surface area contributed by atoms with Crippen LogP contribution in [0.25, 0.3) is 0 Å². The minimum Gasteiger partial charge on any atom is -0.478 e. The number of hydrogen-bond acceptors (Lipinski definition) is 11. The van der Waals surface area contributed by atoms with E-state index in [0.29, 0.717) is 0 Å². The number of carboxylic acid groups (broad SMARTS) is 2. The van der Waals surface area contributed by atoms with Crippen LogP contribution in [-0.2, 0) is 28.5 Å². The van der Waals surface area contributed by atoms with Crippen molar-refractivity contribution >= 4 is 41.6 Å². The molecule has 2 rings (SSSR count). The zero-order valence-corrected chi connectivity index (χ0v) is 22.6. The van der Waals surface area contributed by atoms with Gasteiger partial charge in [0.1, 0.15) is 26.4 Å². The van der Waals surface area contributed by atoms with Crippen LogP contribution >= 0.6 is 0 Å². The Balaban J connectivity index is 2.37. The molecule has 0 unspecified atom stereocenters. The monoisotopic (exact) mass is 582 g/mol. The lowest BCUT2D eigenvalue weighted by molar-refractivity contribution is -0.140. The molecule has 0 heterocycles. The highest BCUT2D eigenvalue weighted by Crippen LogP contribution is 2.24. The molecule has 13 nitrogen and oxygen atoms in total. The molecule has 2 aromatic carbocycles. The van der Waals surface area contributed by atoms with Gasteiger partial charge in [-0.1, -0.05) is 37.4 Å². The van der Waals surface area contributed by atoms with E-state index in [-0.39, 0.29) is 24.4 Å². The van der Waals surface area contributed by atoms with Crippen molar-refractivity contribution in [1.82, 2.24) is 0 Å². The molecular formula is C29H26O13. The number of carbonyl (C=O) groups is 7. The maximum Gasteiger partial charge on any atom is 0.339 e. The quantitative estimate of drug-likeness (QED) is 0.108. The Kier molecular flexibility index (Phi) is 11.4. The van der Waals surface area contributed by atoms with Crippen LogP contribution in [0.4, 0.5) is 0 Å². The van der Waals surface area contributed by atoms with Crippen molar-refractivity contribution in [3.05, 3.63) is 94.1 Å². The molecule has 0 aromatic heterocycles. The van der Waals surface area contributed by atoms with Crippen LogP contribution < -0.4 is 0 Å². The summed E-state index contributed by atoms with van der Waals surface area (Å²) in [5.41, 5.74) is -3.53. The molecule has 0 fully saturated rings. The van der Waals surface area contributed by atoms with Crippen molar-refractivity contribution in [3.8, 4) is 0 Å². The molecule has 0 aliphatic rings. The molecule has 220 valence electrons. The van der Waals surface area contributed by atoms with Gasteiger partial charge in [-0.3, -0.25) is 4.79 Å². The van der Waals surface area contributed by atoms with Crippen molar-refractivity contribution in [1.29, 1.82) is 0 Å². The predicted molar refractivity (Wildman–Crippen MR) is 142 cm³/mol. The smallest absolute Gasteiger partial charge is 0.339 e. The summed E-state index contributed by atoms with van der Waals surface area (Å²) in [6.07, 6.45) is 0. The average Bonchev–Trinajstić information content (AvgIpc) is 2.95. The molecule has 0 atom stereocenters. The number of rotatable bonds is 14. The number of ether oxygens (including phenoxy) is 4. The number of esters is 4. The predicted octanol–water partition coefficient (Wildman–Crippen LogP) is 2.87. The summed E-state index contributed by atoms with van der Waals surface area (Å²) in [7, 11) is 0. The molecule has 0 aliphatic heterocycles. The third-order valence-electron chi connectivity index (χ3n) is 5.28. The van der Waals surface area contributed by atoms with Crippen molar-refractivity contribution in [2.24, 2.45) is 0 Å². The van der Waals surface area contributed by atoms with Crippen LogP contribution in [0.15, 0.2) is 60.7 Å². The first-order valence-electron chi connectivity index (χ1n) is 12.0. The minimum absolute atomic E-state index is 0.114. The third-order valence-corrected chi connectivity index (χ3v) is 5.28. The van der Waals surface area contributed by atoms with E-state index in [9.17, 15) is 43.8 Å². The van der Waals surface area contributed by atoms with Gasteiger partial charge in [-0.25, -0.2) is 28.8 Å². The fraction of sp³-hybridized carbons (Fsp3) is 0.207. The summed E-state index contributed by atoms with van der Waals surface area (Å²) in [5.74, 6) is -8.28. The van der Waals surface area contributed by atoms with E-state index in [1.54, 1.807) is 0 Å². The van der Waals surface area contributed by atoms with Crippen molar-refractivity contribution in [2.45, 2.75) is 13.8 Å². The van der Waals surface area contributed by atoms with Gasteiger partial charge in [0.05, 0.1) is 22.3 Å². The average molecular weight is 583 g/mol. The van der Waals surface area contributed by atoms with E-state index < -0.39 is 88.2 Å². The Hall–Kier alpha value is -5.59. The largest absolute Gasteiger partial charge is 0.478 e. The fourth-order valence-corrected chi connectivity index (χ4v) is 3.37. The second kappa shape index (κ2) is 14.7. The van der Waals surface area contributed by atoms with Crippen LogP contribution in [0, 0.1) is 0 Å². The Morgan fingerprint density at radius 2 is 0.881 bits per heavy atom. The van der Waals surface area contributed by atoms with Crippen LogP contribution in [0.1, 0.15) is 71.2 Å². The Morgan fingerprint density at radius 1 is 0.571 bits per heavy atom. The SMILES string of the molecule is C=C(C)C(=O)OCCOC(=O)c1cccc(C(=O)c2cccc(C(=O)OCCOC(=O)C(=C)C)c2C(=O)O)c1C(=O)O. The number of carbonyl (C=O) groups excluding carboxylic acids is 5. The van der Waals surface area contributed by atoms with Gasteiger partial charge in [-0.05, 0) is 26.0 Å². The summed E-state index contributed by atoms with van der Waals surface area (Å²) in [4.78, 5) is 85.9. The molecule has 2 N–H and O–H groups in total. The molecule has 13 heteroatoms. The normalized spacial score (nSPS) is 10.1. The van der Waals surface area contributed by atoms with E-state index in [0.717, 1.165) is 24.3 Å². The highest BCUT2D eigenvalue weighted by atomic mass is 16.6. The molecular weight excluding hydrogens is 556 g/mol. The van der Waals surface area contributed by atoms with Gasteiger partial charge >= 0.3 is 35.8 Å². The Morgan fingerprint density at radius 3 is 1.19 bits per heavy atom. The topological polar surface area (TPSA) is 197 Å². The van der Waals surface area contributed by atoms with Gasteiger partial charge in [0.25, 0.3) is 0 Å². The van der Waals surface area contributed by atoms with Gasteiger partial charge < -0.3 is 29.2 Å². The highest BCUT2D eigenvalue weighted by Gasteiger charge is 2.30. The molecule has 0 aliphatic carbocycles. The lowest BCUT2D eigenvalue weighted by Gasteiger charge is -2.14. The van der Waals surface area contributed by atoms with Crippen molar-refractivity contribution in [2.75, 3.05) is 26.4 Å². The molecule has 0 saturated carbocycles. The van der Waals surface area contributed by atoms with Gasteiger partial charge in [0, 0.05) is 22.3 Å². The van der Waals surface area contributed by atoms with Crippen molar-refractivity contribution < 1.29 is 62.7 Å². The van der Waals surface area contributed by atoms with E-state index in [2.05, 4.69) is 13.2 Å². The van der Waals surface area contributed by atoms with Crippen molar-refractivity contribution in [3.63, 3.8) is 0 Å². The third kappa shape index (κ3) is 8.21. The number of ketones is 1. The van der Waals surface area contributed by atoms with Crippen LogP contribution in [0.3, 0.4) is 0 Å². The maximum atomic E-state index is 13.5. The van der Waals surface area contributed by atoms with E-state index >= 15 is 0 Å². The Bertz CT molecular complexity index is 1370. The lowest BCUT2D eigenvalue weighted by atomic mass is 9.90. The number of carboxylic acids is 2. The van der Waals surface area contributed by atoms with E-state index in [1.807, 2.05) is 0 Å². The zero-order valence-electron chi connectivity index (χ0n) is 22.6. The summed E-state index contributed by atoms with van der Waals surface area (Å²) in [6, 6.07) is 6.64. The van der Waals surface area contributed by atoms with Crippen LogP contribution in [-0.4, -0.2) is 78.2 Å². The second-order valence-corrected chi connectivity index (χ2v) is 8.50. The summed E-state index contributed by atoms with van der Waals surface area (Å²) < 4.78 is 19.5. The first-order chi connectivity index (χ1) is 19.8. The lowest BCUT2D eigenvalue weighted by Crippen LogP contribution is -2.21. The molecule has 42 heavy (non-hydrogen) atoms. The van der Waals surface area contributed by atoms with E-state index in [1.165, 1.54) is 26.0 Å². The van der Waals surface area contributed by atoms with Gasteiger partial charge in [-0.2, -0.15) is 0 Å². The molecule has 0 saturated heterocycles. The standard InChI is InChI=1S/C29H26O13/c1-15(2)26(35)39-11-13-41-28(37)19-9-5-7-17(21(19)24(31)32)23(30)18-8-6-10-20(22(18)25(33)34)29(38)42-14-12-40-27(36)16(3)4/h5-10H,1,3,11-14H2,2,4H3,(H,31,32)(H,33,34). The molecule has 0 radical (unpaired) electrons. The van der Waals surface area contributed by atoms with Crippen LogP contribution in [0.5, 0.6) is 0 Å². The summed E-state index contributed by atoms with van der Waals surface area (Å²) in [5, 5.41) is 19.7. The van der Waals surface area contributed by atoms with Gasteiger partial charge in [-0.15, -0.1) is 0 Å². The first-order valence-corrected chi connectivity index (χ1v) is 12.0. The minimum atomic E-state index is -1.70. The van der Waals surface area contributed by atoms with E-state index in [4.69, 9.17) is 18.9 Å². The highest BCUT2D eigenvalue weighted by molar-refractivity contribution is 6.21. The molecule has 0 amide bonds. The summed E-state index contributed by atoms with van der Waals surface area (Å²) in [6.45, 7) is 8.05. The van der Waals surface area contributed by atoms with Gasteiger partial charge in [0.15, 0.2) is 5.78 Å². The molecule has 2 aromatic rings. The van der Waals surface area contributed by atoms with Gasteiger partial charge in [0.2, 0.25) is 0 Å². The number of benzene rings is 2. The molecule has 0 bridgehead atoms. The summed E-state index contributed by atoms with van der Waals surface area (Å²) >= 11 is 0. The first kappa shape index (κ1) is 32.6. The Labute approximate surface area is 238 Å². The number of hydrogen-bond donors (Lipinski definition) is 2. The fourth-order valence-electron chi connectivity index (χ4n) is 3.37. The maximum absolute atomic E-state index is 13.5. The number of aromatic carboxylic acids is 2. The zero-order chi connectivity index (χ0) is 31.6. The second-order valence-electron chi connectivity index (χ2n) is 8.50. The van der Waals surface area contributed by atoms with Crippen LogP contribution in [0.2, 0.25) is 0 Å².